The molecule has 0 spiro atoms. The molecule has 0 bridgehead atoms. The summed E-state index contributed by atoms with van der Waals surface area (Å²) in [7, 11) is 0. The van der Waals surface area contributed by atoms with Gasteiger partial charge in [-0.3, -0.25) is 4.57 Å². The Hall–Kier alpha value is -1.68. The van der Waals surface area contributed by atoms with Crippen LogP contribution in [0.4, 0.5) is 4.39 Å². The molecular weight excluding hydrogens is 269 g/mol. The van der Waals surface area contributed by atoms with Crippen molar-refractivity contribution in [2.24, 2.45) is 0 Å². The monoisotopic (exact) mass is 281 g/mol. The fourth-order valence-electron chi connectivity index (χ4n) is 2.64. The highest BCUT2D eigenvalue weighted by molar-refractivity contribution is 6.30. The summed E-state index contributed by atoms with van der Waals surface area (Å²) in [5, 5.41) is 20.4. The van der Waals surface area contributed by atoms with E-state index in [0.717, 1.165) is 36.8 Å². The summed E-state index contributed by atoms with van der Waals surface area (Å²) in [6.07, 6.45) is 3.48. The van der Waals surface area contributed by atoms with Crippen LogP contribution in [0.25, 0.3) is 5.69 Å². The summed E-state index contributed by atoms with van der Waals surface area (Å²) in [6, 6.07) is 4.09. The summed E-state index contributed by atoms with van der Waals surface area (Å²) in [5.74, 6) is -0.480. The number of nitrogens with zero attached hydrogens (tertiary/aromatic N) is 1. The summed E-state index contributed by atoms with van der Waals surface area (Å²) >= 11 is 5.74. The van der Waals surface area contributed by atoms with Crippen LogP contribution in [0, 0.1) is 5.82 Å². The minimum Gasteiger partial charge on any atom is -0.494 e. The van der Waals surface area contributed by atoms with Gasteiger partial charge >= 0.3 is 0 Å². The number of aromatic nitrogens is 1. The molecule has 0 unspecified atom stereocenters. The molecule has 0 saturated carbocycles. The van der Waals surface area contributed by atoms with E-state index in [1.807, 2.05) is 0 Å². The zero-order valence-corrected chi connectivity index (χ0v) is 10.9. The van der Waals surface area contributed by atoms with E-state index in [1.54, 1.807) is 0 Å². The zero-order chi connectivity index (χ0) is 13.6. The number of hydrogen-bond acceptors (Lipinski definition) is 2. The molecule has 2 N–H and O–H groups in total. The molecule has 100 valence electrons. The normalized spacial score (nSPS) is 14.4. The second-order valence-electron chi connectivity index (χ2n) is 4.75. The van der Waals surface area contributed by atoms with Crippen LogP contribution in [0.15, 0.2) is 18.2 Å². The maximum Gasteiger partial charge on any atom is 0.202 e. The fourth-order valence-corrected chi connectivity index (χ4v) is 2.81. The first-order valence-electron chi connectivity index (χ1n) is 6.19. The number of aromatic hydroxyl groups is 2. The quantitative estimate of drug-likeness (QED) is 0.839. The third-order valence-electron chi connectivity index (χ3n) is 3.59. The van der Waals surface area contributed by atoms with Crippen molar-refractivity contribution in [3.8, 4) is 17.4 Å². The Morgan fingerprint density at radius 2 is 1.63 bits per heavy atom. The van der Waals surface area contributed by atoms with Crippen molar-refractivity contribution in [1.29, 1.82) is 0 Å². The minimum absolute atomic E-state index is 0.0230. The van der Waals surface area contributed by atoms with Crippen LogP contribution < -0.4 is 0 Å². The van der Waals surface area contributed by atoms with Crippen LogP contribution in [0.2, 0.25) is 5.02 Å². The average Bonchev–Trinajstić information content (AvgIpc) is 2.66. The van der Waals surface area contributed by atoms with Gasteiger partial charge in [0.25, 0.3) is 0 Å². The lowest BCUT2D eigenvalue weighted by Gasteiger charge is -2.09. The van der Waals surface area contributed by atoms with E-state index in [-0.39, 0.29) is 16.8 Å². The highest BCUT2D eigenvalue weighted by Crippen LogP contribution is 2.41. The van der Waals surface area contributed by atoms with Gasteiger partial charge in [-0.05, 0) is 43.9 Å². The minimum atomic E-state index is -0.527. The Morgan fingerprint density at radius 3 is 2.16 bits per heavy atom. The van der Waals surface area contributed by atoms with Crippen LogP contribution >= 0.6 is 11.6 Å². The van der Waals surface area contributed by atoms with Crippen molar-refractivity contribution < 1.29 is 14.6 Å². The third-order valence-corrected chi connectivity index (χ3v) is 3.88. The molecule has 1 aromatic heterocycles. The molecule has 0 amide bonds. The van der Waals surface area contributed by atoms with Crippen LogP contribution in [-0.4, -0.2) is 14.8 Å². The van der Waals surface area contributed by atoms with Crippen molar-refractivity contribution in [1.82, 2.24) is 4.57 Å². The fraction of sp³-hybridized carbons (Fsp3) is 0.286. The van der Waals surface area contributed by atoms with Gasteiger partial charge in [0, 0.05) is 11.1 Å². The Kier molecular flexibility index (Phi) is 2.90. The number of halogens is 2. The molecule has 1 aliphatic carbocycles. The van der Waals surface area contributed by atoms with Crippen LogP contribution in [0.5, 0.6) is 11.8 Å². The number of rotatable bonds is 1. The Labute approximate surface area is 114 Å². The number of benzene rings is 1. The first kappa shape index (κ1) is 12.4. The van der Waals surface area contributed by atoms with Crippen LogP contribution in [-0.2, 0) is 12.8 Å². The second kappa shape index (κ2) is 4.46. The average molecular weight is 282 g/mol. The topological polar surface area (TPSA) is 45.4 Å². The van der Waals surface area contributed by atoms with E-state index in [4.69, 9.17) is 11.6 Å². The molecule has 3 nitrogen and oxygen atoms in total. The summed E-state index contributed by atoms with van der Waals surface area (Å²) < 4.78 is 14.5. The van der Waals surface area contributed by atoms with Gasteiger partial charge in [-0.2, -0.15) is 0 Å². The molecule has 3 rings (SSSR count). The van der Waals surface area contributed by atoms with Crippen molar-refractivity contribution in [3.05, 3.63) is 40.2 Å². The molecule has 1 aromatic carbocycles. The Balaban J connectivity index is 2.19. The lowest BCUT2D eigenvalue weighted by molar-refractivity contribution is 0.399. The van der Waals surface area contributed by atoms with Gasteiger partial charge in [0.05, 0.1) is 10.7 Å². The van der Waals surface area contributed by atoms with E-state index < -0.39 is 5.82 Å². The van der Waals surface area contributed by atoms with Gasteiger partial charge in [-0.15, -0.1) is 0 Å². The highest BCUT2D eigenvalue weighted by atomic mass is 35.5. The smallest absolute Gasteiger partial charge is 0.202 e. The molecule has 19 heavy (non-hydrogen) atoms. The van der Waals surface area contributed by atoms with Gasteiger partial charge < -0.3 is 10.2 Å². The van der Waals surface area contributed by atoms with E-state index in [1.165, 1.54) is 22.8 Å². The van der Waals surface area contributed by atoms with Gasteiger partial charge in [0.15, 0.2) is 0 Å². The molecule has 0 atom stereocenters. The number of fused-ring (bicyclic) bond motifs is 1. The van der Waals surface area contributed by atoms with Gasteiger partial charge in [0.2, 0.25) is 11.8 Å². The number of hydrogen-bond donors (Lipinski definition) is 2. The van der Waals surface area contributed by atoms with E-state index in [2.05, 4.69) is 0 Å². The first-order valence-corrected chi connectivity index (χ1v) is 6.57. The molecular formula is C14H13ClFNO2. The first-order chi connectivity index (χ1) is 9.09. The maximum absolute atomic E-state index is 13.2. The van der Waals surface area contributed by atoms with Gasteiger partial charge in [-0.1, -0.05) is 11.6 Å². The molecule has 5 heteroatoms. The van der Waals surface area contributed by atoms with Crippen molar-refractivity contribution >= 4 is 11.6 Å². The van der Waals surface area contributed by atoms with Crippen LogP contribution in [0.1, 0.15) is 24.0 Å². The third kappa shape index (κ3) is 1.87. The molecule has 2 aromatic rings. The zero-order valence-electron chi connectivity index (χ0n) is 10.2. The largest absolute Gasteiger partial charge is 0.494 e. The molecule has 1 heterocycles. The van der Waals surface area contributed by atoms with Gasteiger partial charge in [0.1, 0.15) is 5.82 Å². The Bertz CT molecular complexity index is 622. The van der Waals surface area contributed by atoms with E-state index >= 15 is 0 Å². The SMILES string of the molecule is Oc1c2c(c(O)n1-c1ccc(F)c(Cl)c1)CCCC2. The maximum atomic E-state index is 13.2. The molecule has 0 fully saturated rings. The molecule has 0 aliphatic heterocycles. The predicted molar refractivity (Wildman–Crippen MR) is 70.7 cm³/mol. The molecule has 1 aliphatic rings. The van der Waals surface area contributed by atoms with E-state index in [0.29, 0.717) is 5.69 Å². The lowest BCUT2D eigenvalue weighted by atomic mass is 9.95. The second-order valence-corrected chi connectivity index (χ2v) is 5.15. The van der Waals surface area contributed by atoms with Gasteiger partial charge in [-0.25, -0.2) is 4.39 Å². The van der Waals surface area contributed by atoms with Crippen molar-refractivity contribution in [3.63, 3.8) is 0 Å². The van der Waals surface area contributed by atoms with E-state index in [9.17, 15) is 14.6 Å². The standard InChI is InChI=1S/C14H13ClFNO2/c15-11-7-8(5-6-12(11)16)17-13(18)9-3-1-2-4-10(9)14(17)19/h5-7,18-19H,1-4H2. The van der Waals surface area contributed by atoms with Crippen molar-refractivity contribution in [2.45, 2.75) is 25.7 Å². The molecule has 0 saturated heterocycles. The Morgan fingerprint density at radius 1 is 1.05 bits per heavy atom. The van der Waals surface area contributed by atoms with Crippen LogP contribution in [0.3, 0.4) is 0 Å². The highest BCUT2D eigenvalue weighted by Gasteiger charge is 2.25. The summed E-state index contributed by atoms with van der Waals surface area (Å²) in [4.78, 5) is 0. The summed E-state index contributed by atoms with van der Waals surface area (Å²) in [5.41, 5.74) is 2.02. The summed E-state index contributed by atoms with van der Waals surface area (Å²) in [6.45, 7) is 0. The predicted octanol–water partition coefficient (Wildman–Crippen LogP) is 3.56. The molecule has 0 radical (unpaired) electrons. The van der Waals surface area contributed by atoms with Crippen molar-refractivity contribution in [2.75, 3.05) is 0 Å². The lowest BCUT2D eigenvalue weighted by Crippen LogP contribution is -1.98.